The summed E-state index contributed by atoms with van der Waals surface area (Å²) >= 11 is 0. The molecule has 2 saturated carbocycles. The summed E-state index contributed by atoms with van der Waals surface area (Å²) in [4.78, 5) is 0. The molecule has 0 amide bonds. The van der Waals surface area contributed by atoms with Gasteiger partial charge in [-0.05, 0) is 54.8 Å². The van der Waals surface area contributed by atoms with Gasteiger partial charge in [0.05, 0.1) is 0 Å². The smallest absolute Gasteiger partial charge is 0.0321 e. The molecule has 0 bridgehead atoms. The minimum absolute atomic E-state index is 0.547. The summed E-state index contributed by atoms with van der Waals surface area (Å²) in [5, 5.41) is 0. The van der Waals surface area contributed by atoms with E-state index in [2.05, 4.69) is 27.7 Å². The number of hydrogen-bond acceptors (Lipinski definition) is 0. The van der Waals surface area contributed by atoms with E-state index in [1.54, 1.807) is 0 Å². The Kier molecular flexibility index (Phi) is 5.60. The Hall–Kier alpha value is 0. The van der Waals surface area contributed by atoms with E-state index in [-0.39, 0.29) is 0 Å². The van der Waals surface area contributed by atoms with Crippen LogP contribution in [0.5, 0.6) is 0 Å². The molecule has 0 aromatic carbocycles. The lowest BCUT2D eigenvalue weighted by Crippen LogP contribution is -2.35. The first-order valence-electron chi connectivity index (χ1n) is 9.42. The van der Waals surface area contributed by atoms with Crippen LogP contribution in [-0.4, -0.2) is 0 Å². The molecular weight excluding hydrogens is 240 g/mol. The molecule has 0 N–H and O–H groups in total. The molecule has 2 aliphatic rings. The number of hydrogen-bond donors (Lipinski definition) is 0. The molecule has 0 aromatic rings. The van der Waals surface area contributed by atoms with Crippen molar-refractivity contribution in [1.82, 2.24) is 0 Å². The van der Waals surface area contributed by atoms with Gasteiger partial charge in [0.15, 0.2) is 0 Å². The Morgan fingerprint density at radius 2 is 0.850 bits per heavy atom. The van der Waals surface area contributed by atoms with Crippen LogP contribution in [0, 0.1) is 22.7 Å². The van der Waals surface area contributed by atoms with Gasteiger partial charge in [0.25, 0.3) is 0 Å². The first-order valence-corrected chi connectivity index (χ1v) is 9.42. The molecule has 0 nitrogen and oxygen atoms in total. The summed E-state index contributed by atoms with van der Waals surface area (Å²) in [7, 11) is 0. The SMILES string of the molecule is CC(C)(CC(C)(C)C1CCCCC1)C1CCCCCC1. The standard InChI is InChI=1S/C20H38/c1-19(2,17-12-8-5-6-9-13-17)16-20(3,4)18-14-10-7-11-15-18/h17-18H,5-16H2,1-4H3. The van der Waals surface area contributed by atoms with Crippen molar-refractivity contribution in [3.8, 4) is 0 Å². The first kappa shape index (κ1) is 16.4. The van der Waals surface area contributed by atoms with Gasteiger partial charge in [-0.3, -0.25) is 0 Å². The molecule has 0 aromatic heterocycles. The van der Waals surface area contributed by atoms with Gasteiger partial charge in [-0.1, -0.05) is 72.6 Å². The monoisotopic (exact) mass is 278 g/mol. The Bertz CT molecular complexity index is 272. The minimum Gasteiger partial charge on any atom is -0.0596 e. The van der Waals surface area contributed by atoms with Gasteiger partial charge in [-0.25, -0.2) is 0 Å². The molecule has 0 heterocycles. The molecule has 0 atom stereocenters. The summed E-state index contributed by atoms with van der Waals surface area (Å²) in [6.07, 6.45) is 17.8. The Morgan fingerprint density at radius 3 is 1.20 bits per heavy atom. The maximum Gasteiger partial charge on any atom is -0.0321 e. The molecule has 0 radical (unpaired) electrons. The molecule has 2 fully saturated rings. The van der Waals surface area contributed by atoms with Crippen LogP contribution in [0.3, 0.4) is 0 Å². The fourth-order valence-electron chi connectivity index (χ4n) is 5.41. The maximum atomic E-state index is 2.58. The third-order valence-electron chi connectivity index (χ3n) is 6.58. The van der Waals surface area contributed by atoms with Crippen LogP contribution in [0.4, 0.5) is 0 Å². The van der Waals surface area contributed by atoms with Crippen molar-refractivity contribution >= 4 is 0 Å². The summed E-state index contributed by atoms with van der Waals surface area (Å²) < 4.78 is 0. The van der Waals surface area contributed by atoms with Gasteiger partial charge in [0.2, 0.25) is 0 Å². The molecule has 0 heteroatoms. The van der Waals surface area contributed by atoms with E-state index in [0.717, 1.165) is 11.8 Å². The molecule has 20 heavy (non-hydrogen) atoms. The van der Waals surface area contributed by atoms with E-state index in [4.69, 9.17) is 0 Å². The van der Waals surface area contributed by atoms with E-state index in [1.807, 2.05) is 0 Å². The van der Waals surface area contributed by atoms with Gasteiger partial charge in [-0.15, -0.1) is 0 Å². The van der Waals surface area contributed by atoms with Gasteiger partial charge in [0, 0.05) is 0 Å². The van der Waals surface area contributed by atoms with Gasteiger partial charge < -0.3 is 0 Å². The van der Waals surface area contributed by atoms with Crippen LogP contribution in [0.1, 0.15) is 105 Å². The van der Waals surface area contributed by atoms with Crippen LogP contribution in [0.2, 0.25) is 0 Å². The third-order valence-corrected chi connectivity index (χ3v) is 6.58. The average molecular weight is 279 g/mol. The molecule has 0 aliphatic heterocycles. The quantitative estimate of drug-likeness (QED) is 0.487. The largest absolute Gasteiger partial charge is 0.0596 e. The van der Waals surface area contributed by atoms with E-state index < -0.39 is 0 Å². The van der Waals surface area contributed by atoms with E-state index >= 15 is 0 Å². The highest BCUT2D eigenvalue weighted by atomic mass is 14.4. The second kappa shape index (κ2) is 6.84. The summed E-state index contributed by atoms with van der Waals surface area (Å²) in [5.41, 5.74) is 1.10. The molecule has 2 rings (SSSR count). The van der Waals surface area contributed by atoms with Crippen LogP contribution < -0.4 is 0 Å². The van der Waals surface area contributed by atoms with Crippen molar-refractivity contribution < 1.29 is 0 Å². The van der Waals surface area contributed by atoms with E-state index in [9.17, 15) is 0 Å². The summed E-state index contributed by atoms with van der Waals surface area (Å²) in [6.45, 7) is 10.3. The van der Waals surface area contributed by atoms with E-state index in [1.165, 1.54) is 77.0 Å². The number of rotatable bonds is 4. The van der Waals surface area contributed by atoms with E-state index in [0.29, 0.717) is 10.8 Å². The summed E-state index contributed by atoms with van der Waals surface area (Å²) in [6, 6.07) is 0. The van der Waals surface area contributed by atoms with Gasteiger partial charge >= 0.3 is 0 Å². The molecular formula is C20H38. The topological polar surface area (TPSA) is 0 Å². The Morgan fingerprint density at radius 1 is 0.550 bits per heavy atom. The van der Waals surface area contributed by atoms with Crippen LogP contribution >= 0.6 is 0 Å². The van der Waals surface area contributed by atoms with Crippen LogP contribution in [-0.2, 0) is 0 Å². The first-order chi connectivity index (χ1) is 9.42. The normalized spacial score (nSPS) is 24.6. The average Bonchev–Trinajstić information content (AvgIpc) is 2.68. The fraction of sp³-hybridized carbons (Fsp3) is 1.00. The predicted molar refractivity (Wildman–Crippen MR) is 89.9 cm³/mol. The van der Waals surface area contributed by atoms with Crippen LogP contribution in [0.25, 0.3) is 0 Å². The van der Waals surface area contributed by atoms with Crippen molar-refractivity contribution in [2.24, 2.45) is 22.7 Å². The summed E-state index contributed by atoms with van der Waals surface area (Å²) in [5.74, 6) is 1.97. The second-order valence-electron chi connectivity index (χ2n) is 9.18. The van der Waals surface area contributed by atoms with Gasteiger partial charge in [0.1, 0.15) is 0 Å². The lowest BCUT2D eigenvalue weighted by atomic mass is 9.60. The highest BCUT2D eigenvalue weighted by molar-refractivity contribution is 4.89. The van der Waals surface area contributed by atoms with Crippen molar-refractivity contribution in [2.75, 3.05) is 0 Å². The lowest BCUT2D eigenvalue weighted by molar-refractivity contribution is 0.0529. The van der Waals surface area contributed by atoms with Gasteiger partial charge in [-0.2, -0.15) is 0 Å². The second-order valence-corrected chi connectivity index (χ2v) is 9.18. The zero-order valence-corrected chi connectivity index (χ0v) is 14.6. The maximum absolute atomic E-state index is 2.58. The van der Waals surface area contributed by atoms with Crippen molar-refractivity contribution in [2.45, 2.75) is 105 Å². The van der Waals surface area contributed by atoms with Crippen molar-refractivity contribution in [1.29, 1.82) is 0 Å². The Balaban J connectivity index is 1.97. The zero-order valence-electron chi connectivity index (χ0n) is 14.6. The fourth-order valence-corrected chi connectivity index (χ4v) is 5.41. The molecule has 2 aliphatic carbocycles. The van der Waals surface area contributed by atoms with Crippen molar-refractivity contribution in [3.05, 3.63) is 0 Å². The van der Waals surface area contributed by atoms with Crippen LogP contribution in [0.15, 0.2) is 0 Å². The highest BCUT2D eigenvalue weighted by Gasteiger charge is 2.39. The molecule has 118 valence electrons. The predicted octanol–water partition coefficient (Wildman–Crippen LogP) is 6.98. The molecule has 0 spiro atoms. The zero-order chi connectivity index (χ0) is 14.6. The Labute approximate surface area is 128 Å². The molecule has 0 saturated heterocycles. The third kappa shape index (κ3) is 4.25. The minimum atomic E-state index is 0.547. The molecule has 0 unspecified atom stereocenters. The highest BCUT2D eigenvalue weighted by Crippen LogP contribution is 2.50. The van der Waals surface area contributed by atoms with Crippen molar-refractivity contribution in [3.63, 3.8) is 0 Å². The lowest BCUT2D eigenvalue weighted by Gasteiger charge is -2.45.